The van der Waals surface area contributed by atoms with Gasteiger partial charge in [0, 0.05) is 5.56 Å². The Labute approximate surface area is 202 Å². The Balaban J connectivity index is 1.48. The fourth-order valence-corrected chi connectivity index (χ4v) is 3.05. The molecule has 0 atom stereocenters. The Morgan fingerprint density at radius 3 is 2.31 bits per heavy atom. The van der Waals surface area contributed by atoms with Crippen molar-refractivity contribution in [2.75, 3.05) is 20.8 Å². The Morgan fingerprint density at radius 2 is 1.63 bits per heavy atom. The molecule has 0 aliphatic heterocycles. The van der Waals surface area contributed by atoms with E-state index in [0.717, 1.165) is 5.56 Å². The van der Waals surface area contributed by atoms with Crippen LogP contribution in [-0.2, 0) is 4.79 Å². The number of nitrogens with zero attached hydrogens (tertiary/aromatic N) is 1. The van der Waals surface area contributed by atoms with Crippen molar-refractivity contribution in [3.63, 3.8) is 0 Å². The minimum Gasteiger partial charge on any atom is -0.493 e. The van der Waals surface area contributed by atoms with Gasteiger partial charge >= 0.3 is 5.97 Å². The molecule has 2 amide bonds. The predicted molar refractivity (Wildman–Crippen MR) is 130 cm³/mol. The summed E-state index contributed by atoms with van der Waals surface area (Å²) in [6.45, 7) is 1.61. The smallest absolute Gasteiger partial charge is 0.343 e. The summed E-state index contributed by atoms with van der Waals surface area (Å²) in [5, 5.41) is 6.43. The second kappa shape index (κ2) is 12.0. The standard InChI is InChI=1S/C26H25N3O6/c1-17-6-4-5-7-21(17)25(31)27-16-24(30)29-28-15-18-8-11-20(12-9-18)35-26(32)19-10-13-22(33-2)23(14-19)34-3/h4-15H,16H2,1-3H3,(H,27,31)(H,29,30)/b28-15+. The molecule has 0 saturated heterocycles. The number of methoxy groups -OCH3 is 2. The highest BCUT2D eigenvalue weighted by atomic mass is 16.5. The molecule has 3 rings (SSSR count). The number of rotatable bonds is 9. The van der Waals surface area contributed by atoms with Crippen molar-refractivity contribution in [3.8, 4) is 17.2 Å². The second-order valence-corrected chi connectivity index (χ2v) is 7.32. The van der Waals surface area contributed by atoms with Crippen LogP contribution in [0.1, 0.15) is 31.8 Å². The normalized spacial score (nSPS) is 10.5. The molecular formula is C26H25N3O6. The van der Waals surface area contributed by atoms with Gasteiger partial charge in [-0.2, -0.15) is 5.10 Å². The van der Waals surface area contributed by atoms with Crippen LogP contribution in [0.5, 0.6) is 17.2 Å². The molecule has 2 N–H and O–H groups in total. The third-order valence-corrected chi connectivity index (χ3v) is 4.91. The van der Waals surface area contributed by atoms with E-state index in [1.807, 2.05) is 19.1 Å². The lowest BCUT2D eigenvalue weighted by Gasteiger charge is -2.09. The highest BCUT2D eigenvalue weighted by molar-refractivity contribution is 5.97. The Bertz CT molecular complexity index is 1240. The second-order valence-electron chi connectivity index (χ2n) is 7.32. The number of nitrogens with one attached hydrogen (secondary N) is 2. The summed E-state index contributed by atoms with van der Waals surface area (Å²) >= 11 is 0. The molecule has 0 heterocycles. The van der Waals surface area contributed by atoms with Crippen molar-refractivity contribution in [3.05, 3.63) is 89.0 Å². The zero-order valence-corrected chi connectivity index (χ0v) is 19.5. The van der Waals surface area contributed by atoms with Crippen molar-refractivity contribution < 1.29 is 28.6 Å². The van der Waals surface area contributed by atoms with Gasteiger partial charge in [0.2, 0.25) is 0 Å². The highest BCUT2D eigenvalue weighted by Crippen LogP contribution is 2.28. The number of hydrogen-bond donors (Lipinski definition) is 2. The van der Waals surface area contributed by atoms with Crippen LogP contribution < -0.4 is 25.0 Å². The monoisotopic (exact) mass is 475 g/mol. The van der Waals surface area contributed by atoms with Crippen LogP contribution in [0.4, 0.5) is 0 Å². The molecule has 9 nitrogen and oxygen atoms in total. The maximum Gasteiger partial charge on any atom is 0.343 e. The molecule has 0 saturated carbocycles. The van der Waals surface area contributed by atoms with E-state index < -0.39 is 11.9 Å². The topological polar surface area (TPSA) is 115 Å². The van der Waals surface area contributed by atoms with Crippen LogP contribution in [0.15, 0.2) is 71.8 Å². The van der Waals surface area contributed by atoms with Gasteiger partial charge in [-0.15, -0.1) is 0 Å². The Kier molecular flexibility index (Phi) is 8.55. The molecule has 0 unspecified atom stereocenters. The Hall–Kier alpha value is -4.66. The quantitative estimate of drug-likeness (QED) is 0.213. The average molecular weight is 476 g/mol. The zero-order valence-electron chi connectivity index (χ0n) is 19.5. The maximum absolute atomic E-state index is 12.4. The average Bonchev–Trinajstić information content (AvgIpc) is 2.88. The predicted octanol–water partition coefficient (Wildman–Crippen LogP) is 3.11. The van der Waals surface area contributed by atoms with Crippen LogP contribution in [0.25, 0.3) is 0 Å². The summed E-state index contributed by atoms with van der Waals surface area (Å²) in [5.74, 6) is -0.0832. The fraction of sp³-hybridized carbons (Fsp3) is 0.154. The third kappa shape index (κ3) is 6.91. The lowest BCUT2D eigenvalue weighted by Crippen LogP contribution is -2.35. The summed E-state index contributed by atoms with van der Waals surface area (Å²) in [4.78, 5) is 36.5. The van der Waals surface area contributed by atoms with Crippen LogP contribution in [0, 0.1) is 6.92 Å². The molecule has 0 aliphatic rings. The number of hydrogen-bond acceptors (Lipinski definition) is 7. The summed E-state index contributed by atoms with van der Waals surface area (Å²) in [6, 6.07) is 18.4. The van der Waals surface area contributed by atoms with E-state index in [1.165, 1.54) is 26.5 Å². The number of amides is 2. The number of ether oxygens (including phenoxy) is 3. The highest BCUT2D eigenvalue weighted by Gasteiger charge is 2.13. The van der Waals surface area contributed by atoms with E-state index in [4.69, 9.17) is 14.2 Å². The summed E-state index contributed by atoms with van der Waals surface area (Å²) in [5.41, 5.74) is 4.66. The van der Waals surface area contributed by atoms with Gasteiger partial charge in [-0.1, -0.05) is 18.2 Å². The third-order valence-electron chi connectivity index (χ3n) is 4.91. The minimum absolute atomic E-state index is 0.213. The minimum atomic E-state index is -0.549. The summed E-state index contributed by atoms with van der Waals surface area (Å²) in [7, 11) is 2.99. The van der Waals surface area contributed by atoms with E-state index in [0.29, 0.717) is 33.9 Å². The maximum atomic E-state index is 12.4. The number of benzene rings is 3. The molecule has 3 aromatic carbocycles. The van der Waals surface area contributed by atoms with Crippen molar-refractivity contribution in [1.29, 1.82) is 0 Å². The van der Waals surface area contributed by atoms with Crippen LogP contribution in [-0.4, -0.2) is 44.8 Å². The molecule has 3 aromatic rings. The molecule has 180 valence electrons. The summed E-state index contributed by atoms with van der Waals surface area (Å²) in [6.07, 6.45) is 1.43. The largest absolute Gasteiger partial charge is 0.493 e. The number of aryl methyl sites for hydroxylation is 1. The molecule has 35 heavy (non-hydrogen) atoms. The summed E-state index contributed by atoms with van der Waals surface area (Å²) < 4.78 is 15.7. The first kappa shape index (κ1) is 25.0. The molecule has 0 fully saturated rings. The molecular weight excluding hydrogens is 450 g/mol. The molecule has 9 heteroatoms. The number of esters is 1. The SMILES string of the molecule is COc1ccc(C(=O)Oc2ccc(/C=N/NC(=O)CNC(=O)c3ccccc3C)cc2)cc1OC. The van der Waals surface area contributed by atoms with E-state index in [9.17, 15) is 14.4 Å². The first-order valence-electron chi connectivity index (χ1n) is 10.6. The van der Waals surface area contributed by atoms with Gasteiger partial charge in [-0.05, 0) is 66.6 Å². The van der Waals surface area contributed by atoms with Gasteiger partial charge in [-0.3, -0.25) is 9.59 Å². The van der Waals surface area contributed by atoms with Gasteiger partial charge < -0.3 is 19.5 Å². The van der Waals surface area contributed by atoms with E-state index in [1.54, 1.807) is 48.5 Å². The first-order chi connectivity index (χ1) is 16.9. The van der Waals surface area contributed by atoms with Gasteiger partial charge in [-0.25, -0.2) is 10.2 Å². The number of carbonyl (C=O) groups is 3. The van der Waals surface area contributed by atoms with E-state index in [-0.39, 0.29) is 12.5 Å². The van der Waals surface area contributed by atoms with Crippen molar-refractivity contribution in [1.82, 2.24) is 10.7 Å². The van der Waals surface area contributed by atoms with Gasteiger partial charge in [0.25, 0.3) is 11.8 Å². The van der Waals surface area contributed by atoms with Crippen molar-refractivity contribution in [2.24, 2.45) is 5.10 Å². The van der Waals surface area contributed by atoms with Gasteiger partial charge in [0.15, 0.2) is 11.5 Å². The fourth-order valence-electron chi connectivity index (χ4n) is 3.05. The van der Waals surface area contributed by atoms with E-state index >= 15 is 0 Å². The molecule has 0 radical (unpaired) electrons. The van der Waals surface area contributed by atoms with Gasteiger partial charge in [0.1, 0.15) is 5.75 Å². The van der Waals surface area contributed by atoms with Crippen LogP contribution >= 0.6 is 0 Å². The zero-order chi connectivity index (χ0) is 25.2. The molecule has 0 bridgehead atoms. The molecule has 0 aliphatic carbocycles. The van der Waals surface area contributed by atoms with Crippen molar-refractivity contribution in [2.45, 2.75) is 6.92 Å². The van der Waals surface area contributed by atoms with Gasteiger partial charge in [0.05, 0.1) is 32.5 Å². The lowest BCUT2D eigenvalue weighted by atomic mass is 10.1. The first-order valence-corrected chi connectivity index (χ1v) is 10.6. The van der Waals surface area contributed by atoms with Crippen LogP contribution in [0.2, 0.25) is 0 Å². The Morgan fingerprint density at radius 1 is 0.914 bits per heavy atom. The number of hydrazone groups is 1. The van der Waals surface area contributed by atoms with Crippen LogP contribution in [0.3, 0.4) is 0 Å². The molecule has 0 spiro atoms. The van der Waals surface area contributed by atoms with Crippen molar-refractivity contribution >= 4 is 24.0 Å². The molecule has 0 aromatic heterocycles. The lowest BCUT2D eigenvalue weighted by molar-refractivity contribution is -0.120. The van der Waals surface area contributed by atoms with E-state index in [2.05, 4.69) is 15.8 Å². The number of carbonyl (C=O) groups excluding carboxylic acids is 3.